The van der Waals surface area contributed by atoms with Crippen molar-refractivity contribution in [3.8, 4) is 23.5 Å². The third-order valence-corrected chi connectivity index (χ3v) is 5.61. The van der Waals surface area contributed by atoms with Crippen molar-refractivity contribution in [3.05, 3.63) is 71.4 Å². The zero-order valence-corrected chi connectivity index (χ0v) is 18.3. The Bertz CT molecular complexity index is 1260. The van der Waals surface area contributed by atoms with Crippen LogP contribution in [0.2, 0.25) is 0 Å². The summed E-state index contributed by atoms with van der Waals surface area (Å²) < 4.78 is 6.79. The first-order valence-electron chi connectivity index (χ1n) is 10.5. The number of rotatable bonds is 7. The normalized spacial score (nSPS) is 12.7. The zero-order chi connectivity index (χ0) is 24.2. The van der Waals surface area contributed by atoms with Crippen molar-refractivity contribution in [2.45, 2.75) is 18.4 Å². The van der Waals surface area contributed by atoms with Gasteiger partial charge in [-0.1, -0.05) is 48.5 Å². The van der Waals surface area contributed by atoms with Crippen molar-refractivity contribution >= 4 is 23.8 Å². The number of carbonyl (C=O) groups is 3. The molecule has 1 aliphatic carbocycles. The van der Waals surface area contributed by atoms with Crippen molar-refractivity contribution in [2.75, 3.05) is 11.9 Å². The number of carbonyl (C=O) groups excluding carboxylic acids is 2. The van der Waals surface area contributed by atoms with Gasteiger partial charge in [0.1, 0.15) is 18.5 Å². The highest BCUT2D eigenvalue weighted by molar-refractivity contribution is 5.96. The molecule has 34 heavy (non-hydrogen) atoms. The minimum absolute atomic E-state index is 0.0697. The van der Waals surface area contributed by atoms with Crippen LogP contribution in [-0.4, -0.2) is 45.5 Å². The Morgan fingerprint density at radius 1 is 1.15 bits per heavy atom. The molecule has 3 N–H and O–H groups in total. The van der Waals surface area contributed by atoms with Crippen molar-refractivity contribution < 1.29 is 24.2 Å². The summed E-state index contributed by atoms with van der Waals surface area (Å²) in [5.41, 5.74) is 4.37. The molecular weight excluding hydrogens is 436 g/mol. The second kappa shape index (κ2) is 9.50. The monoisotopic (exact) mass is 458 g/mol. The minimum atomic E-state index is -1.25. The second-order valence-electron chi connectivity index (χ2n) is 7.76. The van der Waals surface area contributed by atoms with Gasteiger partial charge in [0.2, 0.25) is 0 Å². The lowest BCUT2D eigenvalue weighted by Crippen LogP contribution is -2.40. The number of benzene rings is 2. The molecule has 1 aromatic heterocycles. The van der Waals surface area contributed by atoms with Crippen LogP contribution in [-0.2, 0) is 16.6 Å². The largest absolute Gasteiger partial charge is 0.480 e. The lowest BCUT2D eigenvalue weighted by atomic mass is 9.98. The summed E-state index contributed by atoms with van der Waals surface area (Å²) in [6, 6.07) is 16.1. The van der Waals surface area contributed by atoms with E-state index >= 15 is 0 Å². The summed E-state index contributed by atoms with van der Waals surface area (Å²) >= 11 is 0. The predicted molar refractivity (Wildman–Crippen MR) is 124 cm³/mol. The Hall–Kier alpha value is -4.58. The Kier molecular flexibility index (Phi) is 6.32. The highest BCUT2D eigenvalue weighted by atomic mass is 16.5. The number of hydrogen-bond acceptors (Lipinski definition) is 5. The molecule has 9 nitrogen and oxygen atoms in total. The summed E-state index contributed by atoms with van der Waals surface area (Å²) in [6.07, 6.45) is 4.28. The van der Waals surface area contributed by atoms with Crippen LogP contribution in [0.15, 0.2) is 54.6 Å². The number of anilines is 1. The van der Waals surface area contributed by atoms with Crippen LogP contribution in [0.5, 0.6) is 0 Å². The maximum atomic E-state index is 12.5. The molecule has 3 aromatic rings. The van der Waals surface area contributed by atoms with Crippen molar-refractivity contribution in [3.63, 3.8) is 0 Å². The molecule has 0 saturated carbocycles. The summed E-state index contributed by atoms with van der Waals surface area (Å²) in [5.74, 6) is 0.356. The third kappa shape index (κ3) is 4.47. The number of nitrogens with one attached hydrogen (secondary N) is 2. The fourth-order valence-corrected chi connectivity index (χ4v) is 3.98. The van der Waals surface area contributed by atoms with Crippen LogP contribution >= 0.6 is 0 Å². The van der Waals surface area contributed by atoms with Crippen LogP contribution in [0.3, 0.4) is 0 Å². The quantitative estimate of drug-likeness (QED) is 0.468. The highest BCUT2D eigenvalue weighted by Gasteiger charge is 2.29. The molecule has 4 rings (SSSR count). The number of carboxylic acids is 1. The van der Waals surface area contributed by atoms with Crippen LogP contribution in [0.1, 0.15) is 34.0 Å². The molecule has 0 saturated heterocycles. The molecule has 0 radical (unpaired) electrons. The first-order valence-corrected chi connectivity index (χ1v) is 10.5. The van der Waals surface area contributed by atoms with Crippen molar-refractivity contribution in [1.82, 2.24) is 15.1 Å². The van der Waals surface area contributed by atoms with E-state index in [1.54, 1.807) is 0 Å². The van der Waals surface area contributed by atoms with Crippen LogP contribution in [0, 0.1) is 12.3 Å². The molecule has 172 valence electrons. The fraction of sp³-hybridized carbons (Fsp3) is 0.200. The maximum absolute atomic E-state index is 12.5. The minimum Gasteiger partial charge on any atom is -0.480 e. The molecule has 1 atom stereocenters. The number of nitrogens with zero attached hydrogens (tertiary/aromatic N) is 2. The standard InChI is InChI=1S/C25H22N4O5/c1-3-8-20(24(31)32)26-23(30)21-13-22(29(2)28-21)27-25(33)34-14-19-17-11-6-4-9-15(17)16-10-5-7-12-18(16)19/h1,4-7,9-13,19-20H,8,14H2,2H3,(H,26,30)(H,27,33)(H,31,32). The average molecular weight is 458 g/mol. The van der Waals surface area contributed by atoms with Gasteiger partial charge < -0.3 is 15.2 Å². The number of ether oxygens (including phenoxy) is 1. The third-order valence-electron chi connectivity index (χ3n) is 5.61. The SMILES string of the molecule is C#CCC(NC(=O)c1cc(NC(=O)OCC2c3ccccc3-c3ccccc32)n(C)n1)C(=O)O. The Balaban J connectivity index is 1.41. The number of aryl methyl sites for hydroxylation is 1. The van der Waals surface area contributed by atoms with E-state index in [0.29, 0.717) is 0 Å². The molecule has 1 heterocycles. The van der Waals surface area contributed by atoms with E-state index in [0.717, 1.165) is 22.3 Å². The number of hydrogen-bond donors (Lipinski definition) is 3. The summed E-state index contributed by atoms with van der Waals surface area (Å²) in [4.78, 5) is 36.1. The summed E-state index contributed by atoms with van der Waals surface area (Å²) in [5, 5.41) is 18.0. The molecule has 0 spiro atoms. The number of fused-ring (bicyclic) bond motifs is 3. The van der Waals surface area contributed by atoms with Gasteiger partial charge >= 0.3 is 12.1 Å². The lowest BCUT2D eigenvalue weighted by molar-refractivity contribution is -0.139. The first-order chi connectivity index (χ1) is 16.4. The summed E-state index contributed by atoms with van der Waals surface area (Å²) in [7, 11) is 1.53. The molecule has 1 aliphatic rings. The average Bonchev–Trinajstić information content (AvgIpc) is 3.35. The van der Waals surface area contributed by atoms with Gasteiger partial charge in [-0.15, -0.1) is 12.3 Å². The molecule has 1 unspecified atom stereocenters. The van der Waals surface area contributed by atoms with Crippen LogP contribution in [0.4, 0.5) is 10.6 Å². The molecule has 0 aliphatic heterocycles. The molecule has 0 bridgehead atoms. The van der Waals surface area contributed by atoms with E-state index < -0.39 is 24.0 Å². The molecule has 2 aromatic carbocycles. The van der Waals surface area contributed by atoms with Gasteiger partial charge in [0.25, 0.3) is 5.91 Å². The van der Waals surface area contributed by atoms with E-state index in [-0.39, 0.29) is 30.5 Å². The Morgan fingerprint density at radius 2 is 1.76 bits per heavy atom. The number of amides is 2. The molecule has 9 heteroatoms. The summed E-state index contributed by atoms with van der Waals surface area (Å²) in [6.45, 7) is 0.136. The van der Waals surface area contributed by atoms with Gasteiger partial charge in [-0.25, -0.2) is 9.59 Å². The molecule has 2 amide bonds. The van der Waals surface area contributed by atoms with Gasteiger partial charge in [0, 0.05) is 25.5 Å². The predicted octanol–water partition coefficient (Wildman–Crippen LogP) is 2.99. The van der Waals surface area contributed by atoms with Gasteiger partial charge in [0.15, 0.2) is 5.69 Å². The molecular formula is C25H22N4O5. The van der Waals surface area contributed by atoms with Crippen molar-refractivity contribution in [2.24, 2.45) is 7.05 Å². The zero-order valence-electron chi connectivity index (χ0n) is 18.3. The van der Waals surface area contributed by atoms with Crippen molar-refractivity contribution in [1.29, 1.82) is 0 Å². The van der Waals surface area contributed by atoms with E-state index in [1.165, 1.54) is 17.8 Å². The van der Waals surface area contributed by atoms with Crippen LogP contribution < -0.4 is 10.6 Å². The van der Waals surface area contributed by atoms with E-state index in [9.17, 15) is 14.4 Å². The maximum Gasteiger partial charge on any atom is 0.412 e. The second-order valence-corrected chi connectivity index (χ2v) is 7.76. The molecule has 0 fully saturated rings. The first kappa shape index (κ1) is 22.6. The van der Waals surface area contributed by atoms with Crippen LogP contribution in [0.25, 0.3) is 11.1 Å². The van der Waals surface area contributed by atoms with Gasteiger partial charge in [-0.05, 0) is 22.3 Å². The van der Waals surface area contributed by atoms with Gasteiger partial charge in [0.05, 0.1) is 0 Å². The van der Waals surface area contributed by atoms with Gasteiger partial charge in [-0.3, -0.25) is 14.8 Å². The van der Waals surface area contributed by atoms with Gasteiger partial charge in [-0.2, -0.15) is 5.10 Å². The van der Waals surface area contributed by atoms with E-state index in [2.05, 4.69) is 33.8 Å². The fourth-order valence-electron chi connectivity index (χ4n) is 3.98. The van der Waals surface area contributed by atoms with E-state index in [4.69, 9.17) is 16.3 Å². The smallest absolute Gasteiger partial charge is 0.412 e. The number of aliphatic carboxylic acids is 1. The number of carboxylic acid groups (broad SMARTS) is 1. The Morgan fingerprint density at radius 3 is 2.35 bits per heavy atom. The highest BCUT2D eigenvalue weighted by Crippen LogP contribution is 2.44. The lowest BCUT2D eigenvalue weighted by Gasteiger charge is -2.14. The van der Waals surface area contributed by atoms with E-state index in [1.807, 2.05) is 36.4 Å². The topological polar surface area (TPSA) is 123 Å². The number of terminal acetylenes is 1. The Labute approximate surface area is 195 Å². The number of aromatic nitrogens is 2.